The van der Waals surface area contributed by atoms with Crippen LogP contribution in [0.2, 0.25) is 0 Å². The molecule has 2 atom stereocenters. The lowest BCUT2D eigenvalue weighted by molar-refractivity contribution is -0.873. The molecule has 0 aromatic rings. The van der Waals surface area contributed by atoms with E-state index in [-0.39, 0.29) is 12.4 Å². The third-order valence-electron chi connectivity index (χ3n) is 7.57. The minimum Gasteiger partial charge on any atom is -0.550 e. The molecule has 0 amide bonds. The number of ether oxygens (including phenoxy) is 1. The van der Waals surface area contributed by atoms with E-state index in [9.17, 15) is 14.7 Å². The van der Waals surface area contributed by atoms with E-state index in [0.29, 0.717) is 17.4 Å². The SMILES string of the molecule is CCCCCCCCCCCCCCCCC(C)CCCCCCCC(=O)OC(CC(=O)[O-])C[N+](C)(C)C. The number of aliphatic carboxylic acids is 1. The van der Waals surface area contributed by atoms with Gasteiger partial charge in [-0.2, -0.15) is 0 Å². The molecule has 0 N–H and O–H groups in total. The van der Waals surface area contributed by atoms with Crippen molar-refractivity contribution in [1.29, 1.82) is 0 Å². The number of carboxylic acids is 1. The Morgan fingerprint density at radius 2 is 1.05 bits per heavy atom. The molecule has 38 heavy (non-hydrogen) atoms. The summed E-state index contributed by atoms with van der Waals surface area (Å²) in [6, 6.07) is 0. The molecule has 0 fully saturated rings. The predicted octanol–water partition coefficient (Wildman–Crippen LogP) is 7.98. The zero-order valence-electron chi connectivity index (χ0n) is 26.2. The summed E-state index contributed by atoms with van der Waals surface area (Å²) in [4.78, 5) is 23.1. The fraction of sp³-hybridized carbons (Fsp3) is 0.939. The van der Waals surface area contributed by atoms with Gasteiger partial charge in [-0.15, -0.1) is 0 Å². The van der Waals surface area contributed by atoms with Gasteiger partial charge in [0.25, 0.3) is 0 Å². The molecule has 5 heteroatoms. The molecule has 0 aromatic heterocycles. The topological polar surface area (TPSA) is 66.4 Å². The Bertz CT molecular complexity index is 558. The van der Waals surface area contributed by atoms with E-state index in [1.807, 2.05) is 21.1 Å². The lowest BCUT2D eigenvalue weighted by atomic mass is 9.96. The highest BCUT2D eigenvalue weighted by molar-refractivity contribution is 5.70. The number of unbranched alkanes of at least 4 members (excludes halogenated alkanes) is 17. The van der Waals surface area contributed by atoms with Crippen molar-refractivity contribution in [3.63, 3.8) is 0 Å². The second kappa shape index (κ2) is 24.9. The number of carbonyl (C=O) groups excluding carboxylic acids is 2. The molecule has 0 saturated carbocycles. The summed E-state index contributed by atoms with van der Waals surface area (Å²) in [5.41, 5.74) is 0. The highest BCUT2D eigenvalue weighted by Gasteiger charge is 2.22. The van der Waals surface area contributed by atoms with Gasteiger partial charge >= 0.3 is 5.97 Å². The van der Waals surface area contributed by atoms with Gasteiger partial charge in [-0.1, -0.05) is 142 Å². The van der Waals surface area contributed by atoms with Crippen molar-refractivity contribution >= 4 is 11.9 Å². The number of nitrogens with zero attached hydrogens (tertiary/aromatic N) is 1. The van der Waals surface area contributed by atoms with E-state index < -0.39 is 12.1 Å². The van der Waals surface area contributed by atoms with Crippen molar-refractivity contribution in [2.45, 2.75) is 168 Å². The van der Waals surface area contributed by atoms with E-state index >= 15 is 0 Å². The predicted molar refractivity (Wildman–Crippen MR) is 159 cm³/mol. The van der Waals surface area contributed by atoms with E-state index in [1.54, 1.807) is 0 Å². The Kier molecular flexibility index (Phi) is 24.2. The van der Waals surface area contributed by atoms with Gasteiger partial charge in [-0.25, -0.2) is 0 Å². The maximum absolute atomic E-state index is 12.1. The Morgan fingerprint density at radius 3 is 1.45 bits per heavy atom. The summed E-state index contributed by atoms with van der Waals surface area (Å²) in [7, 11) is 5.87. The number of hydrogen-bond acceptors (Lipinski definition) is 4. The summed E-state index contributed by atoms with van der Waals surface area (Å²) < 4.78 is 5.97. The zero-order chi connectivity index (χ0) is 28.5. The Labute approximate surface area is 237 Å². The molecule has 5 nitrogen and oxygen atoms in total. The molecule has 226 valence electrons. The molecule has 0 saturated heterocycles. The molecule has 0 aliphatic heterocycles. The Morgan fingerprint density at radius 1 is 0.658 bits per heavy atom. The second-order valence-electron chi connectivity index (χ2n) is 13.0. The second-order valence-corrected chi connectivity index (χ2v) is 13.0. The standard InChI is InChI=1S/C33H65NO4/c1-6-7-8-9-10-11-12-13-14-15-16-17-19-22-25-30(2)26-23-20-18-21-24-27-33(37)38-31(28-32(35)36)29-34(3,4)5/h30-31H,6-29H2,1-5H3. The number of carboxylic acid groups (broad SMARTS) is 1. The quantitative estimate of drug-likeness (QED) is 0.0574. The molecule has 0 aliphatic rings. The highest BCUT2D eigenvalue weighted by atomic mass is 16.5. The molecular formula is C33H65NO4. The molecule has 2 unspecified atom stereocenters. The van der Waals surface area contributed by atoms with E-state index in [4.69, 9.17) is 4.74 Å². The number of esters is 1. The van der Waals surface area contributed by atoms with Crippen LogP contribution in [0.25, 0.3) is 0 Å². The van der Waals surface area contributed by atoms with Crippen LogP contribution < -0.4 is 5.11 Å². The van der Waals surface area contributed by atoms with E-state index in [0.717, 1.165) is 25.2 Å². The molecular weight excluding hydrogens is 474 g/mol. The van der Waals surface area contributed by atoms with Gasteiger partial charge in [0.1, 0.15) is 6.54 Å². The molecule has 0 radical (unpaired) electrons. The Balaban J connectivity index is 3.53. The highest BCUT2D eigenvalue weighted by Crippen LogP contribution is 2.19. The summed E-state index contributed by atoms with van der Waals surface area (Å²) in [5.74, 6) is -0.634. The van der Waals surface area contributed by atoms with Crippen LogP contribution in [0.5, 0.6) is 0 Å². The first-order valence-electron chi connectivity index (χ1n) is 16.3. The van der Waals surface area contributed by atoms with E-state index in [2.05, 4.69) is 13.8 Å². The monoisotopic (exact) mass is 539 g/mol. The minimum atomic E-state index is -1.17. The smallest absolute Gasteiger partial charge is 0.306 e. The number of carbonyl (C=O) groups is 2. The van der Waals surface area contributed by atoms with Crippen LogP contribution in [-0.2, 0) is 14.3 Å². The first-order chi connectivity index (χ1) is 18.1. The summed E-state index contributed by atoms with van der Waals surface area (Å²) >= 11 is 0. The van der Waals surface area contributed by atoms with Gasteiger partial charge in [0.2, 0.25) is 0 Å². The lowest BCUT2D eigenvalue weighted by Gasteiger charge is -2.29. The molecule has 0 aromatic carbocycles. The average Bonchev–Trinajstić information content (AvgIpc) is 2.82. The van der Waals surface area contributed by atoms with Crippen molar-refractivity contribution in [3.05, 3.63) is 0 Å². The molecule has 0 aliphatic carbocycles. The molecule has 0 spiro atoms. The lowest BCUT2D eigenvalue weighted by Crippen LogP contribution is -2.45. The average molecular weight is 540 g/mol. The van der Waals surface area contributed by atoms with Crippen molar-refractivity contribution in [3.8, 4) is 0 Å². The third kappa shape index (κ3) is 27.9. The molecule has 0 heterocycles. The fourth-order valence-corrected chi connectivity index (χ4v) is 5.31. The van der Waals surface area contributed by atoms with Gasteiger partial charge < -0.3 is 19.1 Å². The van der Waals surface area contributed by atoms with Crippen LogP contribution in [0.1, 0.15) is 162 Å². The summed E-state index contributed by atoms with van der Waals surface area (Å²) in [5, 5.41) is 11.0. The van der Waals surface area contributed by atoms with E-state index in [1.165, 1.54) is 116 Å². The first-order valence-corrected chi connectivity index (χ1v) is 16.3. The maximum Gasteiger partial charge on any atom is 0.306 e. The number of rotatable bonds is 28. The van der Waals surface area contributed by atoms with Gasteiger partial charge in [0.05, 0.1) is 21.1 Å². The number of likely N-dealkylation sites (N-methyl/N-ethyl adjacent to an activating group) is 1. The van der Waals surface area contributed by atoms with Crippen LogP contribution in [0.4, 0.5) is 0 Å². The summed E-state index contributed by atoms with van der Waals surface area (Å²) in [6.07, 6.45) is 27.6. The zero-order valence-corrected chi connectivity index (χ0v) is 26.2. The van der Waals surface area contributed by atoms with Gasteiger partial charge in [-0.05, 0) is 12.3 Å². The molecule has 0 bridgehead atoms. The fourth-order valence-electron chi connectivity index (χ4n) is 5.31. The van der Waals surface area contributed by atoms with Crippen LogP contribution >= 0.6 is 0 Å². The Hall–Kier alpha value is -1.10. The van der Waals surface area contributed by atoms with Crippen molar-refractivity contribution in [1.82, 2.24) is 0 Å². The van der Waals surface area contributed by atoms with Crippen LogP contribution in [0.3, 0.4) is 0 Å². The van der Waals surface area contributed by atoms with Crippen molar-refractivity contribution < 1.29 is 23.9 Å². The largest absolute Gasteiger partial charge is 0.550 e. The van der Waals surface area contributed by atoms with Crippen molar-refractivity contribution in [2.24, 2.45) is 5.92 Å². The van der Waals surface area contributed by atoms with Gasteiger partial charge in [0.15, 0.2) is 6.10 Å². The normalized spacial score (nSPS) is 13.4. The number of quaternary nitrogens is 1. The number of hydrogen-bond donors (Lipinski definition) is 0. The van der Waals surface area contributed by atoms with Crippen molar-refractivity contribution in [2.75, 3.05) is 27.7 Å². The van der Waals surface area contributed by atoms with Crippen LogP contribution in [0, 0.1) is 5.92 Å². The minimum absolute atomic E-state index is 0.237. The van der Waals surface area contributed by atoms with Crippen LogP contribution in [-0.4, -0.2) is 50.2 Å². The third-order valence-corrected chi connectivity index (χ3v) is 7.57. The summed E-state index contributed by atoms with van der Waals surface area (Å²) in [6.45, 7) is 5.16. The van der Waals surface area contributed by atoms with Crippen LogP contribution in [0.15, 0.2) is 0 Å². The van der Waals surface area contributed by atoms with Gasteiger partial charge in [0, 0.05) is 18.8 Å². The molecule has 0 rings (SSSR count). The first kappa shape index (κ1) is 36.9. The maximum atomic E-state index is 12.1. The van der Waals surface area contributed by atoms with Gasteiger partial charge in [-0.3, -0.25) is 4.79 Å².